The number of carbonyl (C=O) groups is 2. The van der Waals surface area contributed by atoms with E-state index in [9.17, 15) is 9.59 Å². The molecule has 3 aromatic rings. The van der Waals surface area contributed by atoms with Gasteiger partial charge in [-0.05, 0) is 60.7 Å². The number of aromatic nitrogens is 2. The van der Waals surface area contributed by atoms with Crippen LogP contribution in [0, 0.1) is 0 Å². The number of amides is 3. The van der Waals surface area contributed by atoms with Crippen LogP contribution >= 0.6 is 11.6 Å². The minimum atomic E-state index is -0.973. The molecule has 3 heterocycles. The molecule has 0 saturated carbocycles. The Bertz CT molecular complexity index is 1290. The van der Waals surface area contributed by atoms with Gasteiger partial charge in [-0.1, -0.05) is 23.7 Å². The summed E-state index contributed by atoms with van der Waals surface area (Å²) in [7, 11) is 0. The average Bonchev–Trinajstić information content (AvgIpc) is 3.30. The van der Waals surface area contributed by atoms with Crippen LogP contribution in [-0.2, 0) is 12.8 Å². The topological polar surface area (TPSA) is 132 Å². The number of rotatable bonds is 2. The molecule has 0 unspecified atom stereocenters. The Kier molecular flexibility index (Phi) is 6.28. The number of anilines is 5. The number of carbonyl (C=O) groups excluding carboxylic acids is 1. The van der Waals surface area contributed by atoms with Crippen molar-refractivity contribution in [1.82, 2.24) is 20.2 Å². The zero-order chi connectivity index (χ0) is 24.4. The van der Waals surface area contributed by atoms with E-state index in [1.807, 2.05) is 36.4 Å². The maximum Gasteiger partial charge on any atom is 0.407 e. The fourth-order valence-electron chi connectivity index (χ4n) is 4.26. The quantitative estimate of drug-likeness (QED) is 0.353. The molecule has 1 atom stereocenters. The minimum absolute atomic E-state index is 0.221. The summed E-state index contributed by atoms with van der Waals surface area (Å²) in [6.45, 7) is 0.692. The zero-order valence-corrected chi connectivity index (χ0v) is 19.5. The minimum Gasteiger partial charge on any atom is -0.465 e. The fourth-order valence-corrected chi connectivity index (χ4v) is 4.40. The Labute approximate surface area is 206 Å². The number of carboxylic acid groups (broad SMARTS) is 1. The van der Waals surface area contributed by atoms with Gasteiger partial charge in [0.1, 0.15) is 5.02 Å². The van der Waals surface area contributed by atoms with E-state index < -0.39 is 6.09 Å². The molecule has 2 aromatic carbocycles. The van der Waals surface area contributed by atoms with E-state index in [-0.39, 0.29) is 18.6 Å². The van der Waals surface area contributed by atoms with E-state index in [1.54, 1.807) is 6.20 Å². The summed E-state index contributed by atoms with van der Waals surface area (Å²) in [5.41, 5.74) is 4.38. The van der Waals surface area contributed by atoms with Crippen molar-refractivity contribution >= 4 is 52.6 Å². The largest absolute Gasteiger partial charge is 0.465 e. The van der Waals surface area contributed by atoms with Crippen LogP contribution in [0.3, 0.4) is 0 Å². The maximum absolute atomic E-state index is 12.7. The van der Waals surface area contributed by atoms with Gasteiger partial charge in [-0.15, -0.1) is 0 Å². The maximum atomic E-state index is 12.7. The second-order valence-electron chi connectivity index (χ2n) is 8.53. The van der Waals surface area contributed by atoms with Gasteiger partial charge < -0.3 is 31.3 Å². The standard InChI is InChI=1S/C24H24ClN7O3/c25-19-12-26-22-28-16-3-1-2-14(10-16)4-5-15-11-17(27-21(19)31-22)6-7-20(15)30-23(33)29-18-8-9-32(13-18)24(34)35/h1-3,6-7,10-12,18H,4-5,8-9,13H2,(H,34,35)(H2,29,30,33)(H2,26,27,28,31)/t18-/m1/s1. The number of likely N-dealkylation sites (tertiary alicyclic amines) is 1. The molecule has 1 fully saturated rings. The first-order valence-electron chi connectivity index (χ1n) is 11.3. The molecule has 1 aromatic heterocycles. The molecule has 0 radical (unpaired) electrons. The first-order valence-corrected chi connectivity index (χ1v) is 11.6. The van der Waals surface area contributed by atoms with Crippen LogP contribution < -0.4 is 21.3 Å². The van der Waals surface area contributed by atoms with Crippen molar-refractivity contribution < 1.29 is 14.7 Å². The highest BCUT2D eigenvalue weighted by Gasteiger charge is 2.27. The van der Waals surface area contributed by atoms with Gasteiger partial charge >= 0.3 is 12.1 Å². The van der Waals surface area contributed by atoms with Crippen molar-refractivity contribution in [2.45, 2.75) is 25.3 Å². The molecule has 0 spiro atoms. The van der Waals surface area contributed by atoms with Gasteiger partial charge in [0.15, 0.2) is 5.82 Å². The smallest absolute Gasteiger partial charge is 0.407 e. The molecule has 180 valence electrons. The summed E-state index contributed by atoms with van der Waals surface area (Å²) in [6, 6.07) is 13.1. The Morgan fingerprint density at radius 2 is 1.97 bits per heavy atom. The van der Waals surface area contributed by atoms with Crippen LogP contribution in [0.15, 0.2) is 48.7 Å². The second kappa shape index (κ2) is 9.67. The van der Waals surface area contributed by atoms with Crippen LogP contribution in [0.25, 0.3) is 0 Å². The number of nitrogens with one attached hydrogen (secondary N) is 4. The third-order valence-corrected chi connectivity index (χ3v) is 6.30. The molecular weight excluding hydrogens is 470 g/mol. The number of urea groups is 1. The number of benzene rings is 2. The third kappa shape index (κ3) is 5.38. The van der Waals surface area contributed by atoms with Gasteiger partial charge in [0, 0.05) is 36.2 Å². The van der Waals surface area contributed by atoms with Crippen molar-refractivity contribution in [1.29, 1.82) is 0 Å². The summed E-state index contributed by atoms with van der Waals surface area (Å²) < 4.78 is 0. The van der Waals surface area contributed by atoms with E-state index in [1.165, 1.54) is 4.90 Å². The van der Waals surface area contributed by atoms with Crippen LogP contribution in [-0.4, -0.2) is 51.2 Å². The summed E-state index contributed by atoms with van der Waals surface area (Å²) in [5.74, 6) is 0.894. The van der Waals surface area contributed by atoms with Crippen molar-refractivity contribution in [2.75, 3.05) is 29.0 Å². The van der Waals surface area contributed by atoms with Gasteiger partial charge in [0.25, 0.3) is 0 Å². The summed E-state index contributed by atoms with van der Waals surface area (Å²) >= 11 is 6.32. The predicted octanol–water partition coefficient (Wildman–Crippen LogP) is 4.59. The Morgan fingerprint density at radius 1 is 1.11 bits per heavy atom. The summed E-state index contributed by atoms with van der Waals surface area (Å²) in [6.07, 6.45) is 2.59. The first-order chi connectivity index (χ1) is 16.9. The van der Waals surface area contributed by atoms with Gasteiger partial charge in [0.05, 0.1) is 6.20 Å². The average molecular weight is 494 g/mol. The highest BCUT2D eigenvalue weighted by molar-refractivity contribution is 6.32. The normalized spacial score (nSPS) is 16.6. The summed E-state index contributed by atoms with van der Waals surface area (Å²) in [5, 5.41) is 21.8. The van der Waals surface area contributed by atoms with Gasteiger partial charge in [-0.2, -0.15) is 4.98 Å². The number of halogens is 1. The van der Waals surface area contributed by atoms with E-state index in [0.717, 1.165) is 28.9 Å². The SMILES string of the molecule is O=C(Nc1ccc2cc1CCc1cccc(c1)Nc1ncc(Cl)c(n1)N2)N[C@@H]1CCN(C(=O)O)C1. The molecule has 3 amide bonds. The molecule has 35 heavy (non-hydrogen) atoms. The lowest BCUT2D eigenvalue weighted by atomic mass is 10.0. The van der Waals surface area contributed by atoms with Gasteiger partial charge in [-0.25, -0.2) is 14.6 Å². The fraction of sp³-hybridized carbons (Fsp3) is 0.250. The van der Waals surface area contributed by atoms with E-state index >= 15 is 0 Å². The number of aryl methyl sites for hydroxylation is 2. The first kappa shape index (κ1) is 22.7. The lowest BCUT2D eigenvalue weighted by molar-refractivity contribution is 0.154. The second-order valence-corrected chi connectivity index (χ2v) is 8.93. The monoisotopic (exact) mass is 493 g/mol. The van der Waals surface area contributed by atoms with Crippen LogP contribution in [0.1, 0.15) is 17.5 Å². The third-order valence-electron chi connectivity index (χ3n) is 6.02. The number of hydrogen-bond donors (Lipinski definition) is 5. The van der Waals surface area contributed by atoms with E-state index in [0.29, 0.717) is 41.9 Å². The lowest BCUT2D eigenvalue weighted by Gasteiger charge is -2.17. The van der Waals surface area contributed by atoms with Crippen LogP contribution in [0.4, 0.5) is 38.4 Å². The van der Waals surface area contributed by atoms with Crippen LogP contribution in [0.2, 0.25) is 5.02 Å². The molecule has 5 N–H and O–H groups in total. The highest BCUT2D eigenvalue weighted by atomic mass is 35.5. The van der Waals surface area contributed by atoms with E-state index in [2.05, 4.69) is 37.3 Å². The predicted molar refractivity (Wildman–Crippen MR) is 134 cm³/mol. The Hall–Kier alpha value is -4.05. The number of fused-ring (bicyclic) bond motifs is 6. The molecule has 5 rings (SSSR count). The summed E-state index contributed by atoms with van der Waals surface area (Å²) in [4.78, 5) is 33.9. The molecule has 10 nitrogen and oxygen atoms in total. The molecule has 1 saturated heterocycles. The van der Waals surface area contributed by atoms with E-state index in [4.69, 9.17) is 16.7 Å². The molecule has 2 aliphatic rings. The number of nitrogens with zero attached hydrogens (tertiary/aromatic N) is 3. The van der Waals surface area contributed by atoms with Crippen LogP contribution in [0.5, 0.6) is 0 Å². The number of hydrogen-bond acceptors (Lipinski definition) is 6. The van der Waals surface area contributed by atoms with Crippen molar-refractivity contribution in [3.63, 3.8) is 0 Å². The zero-order valence-electron chi connectivity index (χ0n) is 18.7. The Morgan fingerprint density at radius 3 is 2.80 bits per heavy atom. The molecule has 0 aliphatic carbocycles. The van der Waals surface area contributed by atoms with Crippen molar-refractivity contribution in [2.24, 2.45) is 0 Å². The Balaban J connectivity index is 1.39. The molecular formula is C24H24ClN7O3. The lowest BCUT2D eigenvalue weighted by Crippen LogP contribution is -2.40. The molecule has 2 aliphatic heterocycles. The van der Waals surface area contributed by atoms with Crippen molar-refractivity contribution in [3.05, 3.63) is 64.8 Å². The molecule has 11 heteroatoms. The van der Waals surface area contributed by atoms with Gasteiger partial charge in [-0.3, -0.25) is 0 Å². The van der Waals surface area contributed by atoms with Crippen molar-refractivity contribution in [3.8, 4) is 0 Å². The van der Waals surface area contributed by atoms with Gasteiger partial charge in [0.2, 0.25) is 5.95 Å². The highest BCUT2D eigenvalue weighted by Crippen LogP contribution is 2.29. The molecule has 6 bridgehead atoms.